The molecule has 0 aliphatic carbocycles. The van der Waals surface area contributed by atoms with Crippen LogP contribution < -0.4 is 5.32 Å². The van der Waals surface area contributed by atoms with Crippen LogP contribution in [0.15, 0.2) is 11.7 Å². The van der Waals surface area contributed by atoms with E-state index in [1.807, 2.05) is 11.7 Å². The van der Waals surface area contributed by atoms with Gasteiger partial charge in [0.1, 0.15) is 0 Å². The maximum atomic E-state index is 4.06. The highest BCUT2D eigenvalue weighted by molar-refractivity contribution is 7.09. The van der Waals surface area contributed by atoms with Gasteiger partial charge in [-0.25, -0.2) is 0 Å². The molecule has 1 aliphatic rings. The van der Waals surface area contributed by atoms with Crippen molar-refractivity contribution in [2.75, 3.05) is 26.2 Å². The van der Waals surface area contributed by atoms with Crippen molar-refractivity contribution in [2.45, 2.75) is 6.54 Å². The minimum atomic E-state index is 1.08. The van der Waals surface area contributed by atoms with Crippen LogP contribution in [0.5, 0.6) is 0 Å². The zero-order valence-corrected chi connectivity index (χ0v) is 7.81. The molecule has 2 rings (SSSR count). The van der Waals surface area contributed by atoms with Crippen molar-refractivity contribution in [3.8, 4) is 0 Å². The Morgan fingerprint density at radius 2 is 2.33 bits per heavy atom. The van der Waals surface area contributed by atoms with Gasteiger partial charge in [0.2, 0.25) is 0 Å². The second-order valence-electron chi connectivity index (χ2n) is 2.99. The maximum Gasteiger partial charge on any atom is 0.0794 e. The van der Waals surface area contributed by atoms with Crippen molar-refractivity contribution in [1.82, 2.24) is 15.2 Å². The normalized spacial score (nSPS) is 19.7. The summed E-state index contributed by atoms with van der Waals surface area (Å²) in [6.07, 6.45) is 1.96. The van der Waals surface area contributed by atoms with Crippen LogP contribution in [-0.4, -0.2) is 36.1 Å². The molecule has 1 aromatic heterocycles. The van der Waals surface area contributed by atoms with Gasteiger partial charge in [-0.05, 0) is 0 Å². The molecule has 1 fully saturated rings. The van der Waals surface area contributed by atoms with Gasteiger partial charge >= 0.3 is 0 Å². The fourth-order valence-corrected chi connectivity index (χ4v) is 2.05. The van der Waals surface area contributed by atoms with E-state index in [1.54, 1.807) is 11.3 Å². The first-order valence-corrected chi connectivity index (χ1v) is 5.13. The molecule has 1 aliphatic heterocycles. The summed E-state index contributed by atoms with van der Waals surface area (Å²) in [4.78, 5) is 7.90. The van der Waals surface area contributed by atoms with E-state index in [9.17, 15) is 0 Å². The quantitative estimate of drug-likeness (QED) is 0.725. The van der Waals surface area contributed by atoms with Crippen LogP contribution in [-0.2, 0) is 6.54 Å². The van der Waals surface area contributed by atoms with Crippen LogP contribution >= 0.6 is 11.3 Å². The predicted molar refractivity (Wildman–Crippen MR) is 50.3 cm³/mol. The minimum Gasteiger partial charge on any atom is -0.314 e. The second-order valence-corrected chi connectivity index (χ2v) is 3.96. The van der Waals surface area contributed by atoms with Crippen molar-refractivity contribution in [3.63, 3.8) is 0 Å². The molecule has 1 aromatic rings. The summed E-state index contributed by atoms with van der Waals surface area (Å²) in [5, 5.41) is 3.34. The molecule has 0 bridgehead atoms. The molecule has 0 aromatic carbocycles. The number of hydrogen-bond donors (Lipinski definition) is 1. The van der Waals surface area contributed by atoms with E-state index in [-0.39, 0.29) is 0 Å². The van der Waals surface area contributed by atoms with Crippen molar-refractivity contribution in [1.29, 1.82) is 0 Å². The Kier molecular flexibility index (Phi) is 2.71. The summed E-state index contributed by atoms with van der Waals surface area (Å²) >= 11 is 1.74. The fraction of sp³-hybridized carbons (Fsp3) is 0.625. The first-order valence-electron chi connectivity index (χ1n) is 4.25. The van der Waals surface area contributed by atoms with E-state index < -0.39 is 0 Å². The van der Waals surface area contributed by atoms with E-state index >= 15 is 0 Å². The van der Waals surface area contributed by atoms with E-state index in [1.165, 1.54) is 4.88 Å². The van der Waals surface area contributed by atoms with Crippen LogP contribution in [0.2, 0.25) is 0 Å². The van der Waals surface area contributed by atoms with Gasteiger partial charge in [-0.2, -0.15) is 0 Å². The number of hydrogen-bond acceptors (Lipinski definition) is 4. The van der Waals surface area contributed by atoms with Gasteiger partial charge in [0.25, 0.3) is 0 Å². The molecule has 0 radical (unpaired) electrons. The SMILES string of the molecule is c1ncc(CN2CCNCC2)s1. The summed E-state index contributed by atoms with van der Waals surface area (Å²) in [6, 6.07) is 0. The largest absolute Gasteiger partial charge is 0.314 e. The van der Waals surface area contributed by atoms with Crippen molar-refractivity contribution >= 4 is 11.3 Å². The van der Waals surface area contributed by atoms with Gasteiger partial charge in [-0.15, -0.1) is 11.3 Å². The number of nitrogens with one attached hydrogen (secondary N) is 1. The predicted octanol–water partition coefficient (Wildman–Crippen LogP) is 0.548. The molecule has 0 saturated carbocycles. The average molecular weight is 183 g/mol. The first-order chi connectivity index (χ1) is 5.95. The van der Waals surface area contributed by atoms with Crippen LogP contribution in [0.3, 0.4) is 0 Å². The van der Waals surface area contributed by atoms with Gasteiger partial charge in [0, 0.05) is 43.8 Å². The monoisotopic (exact) mass is 183 g/mol. The summed E-state index contributed by atoms with van der Waals surface area (Å²) < 4.78 is 0. The van der Waals surface area contributed by atoms with Gasteiger partial charge in [-0.1, -0.05) is 0 Å². The van der Waals surface area contributed by atoms with Crippen LogP contribution in [0.4, 0.5) is 0 Å². The van der Waals surface area contributed by atoms with E-state index in [0.29, 0.717) is 0 Å². The Morgan fingerprint density at radius 3 is 3.00 bits per heavy atom. The van der Waals surface area contributed by atoms with Gasteiger partial charge < -0.3 is 5.32 Å². The molecule has 0 unspecified atom stereocenters. The highest BCUT2D eigenvalue weighted by Gasteiger charge is 2.09. The van der Waals surface area contributed by atoms with Crippen LogP contribution in [0, 0.1) is 0 Å². The standard InChI is InChI=1S/C8H13N3S/c1-3-11(4-2-9-1)6-8-5-10-7-12-8/h5,7,9H,1-4,6H2. The Bertz CT molecular complexity index is 216. The summed E-state index contributed by atoms with van der Waals surface area (Å²) in [5.41, 5.74) is 1.90. The highest BCUT2D eigenvalue weighted by atomic mass is 32.1. The number of nitrogens with zero attached hydrogens (tertiary/aromatic N) is 2. The topological polar surface area (TPSA) is 28.2 Å². The Morgan fingerprint density at radius 1 is 1.50 bits per heavy atom. The average Bonchev–Trinajstić information content (AvgIpc) is 2.59. The van der Waals surface area contributed by atoms with Gasteiger partial charge in [0.15, 0.2) is 0 Å². The first kappa shape index (κ1) is 8.16. The third-order valence-corrected chi connectivity index (χ3v) is 2.84. The Balaban J connectivity index is 1.86. The molecular weight excluding hydrogens is 170 g/mol. The van der Waals surface area contributed by atoms with Crippen molar-refractivity contribution in [3.05, 3.63) is 16.6 Å². The lowest BCUT2D eigenvalue weighted by Gasteiger charge is -2.26. The molecular formula is C8H13N3S. The fourth-order valence-electron chi connectivity index (χ4n) is 1.41. The summed E-state index contributed by atoms with van der Waals surface area (Å²) in [6.45, 7) is 5.65. The third kappa shape index (κ3) is 2.03. The molecule has 3 nitrogen and oxygen atoms in total. The van der Waals surface area contributed by atoms with Crippen molar-refractivity contribution < 1.29 is 0 Å². The summed E-state index contributed by atoms with van der Waals surface area (Å²) in [7, 11) is 0. The molecule has 0 atom stereocenters. The molecule has 12 heavy (non-hydrogen) atoms. The zero-order chi connectivity index (χ0) is 8.23. The molecule has 1 saturated heterocycles. The Hall–Kier alpha value is -0.450. The van der Waals surface area contributed by atoms with Crippen LogP contribution in [0.25, 0.3) is 0 Å². The van der Waals surface area contributed by atoms with Gasteiger partial charge in [-0.3, -0.25) is 9.88 Å². The third-order valence-electron chi connectivity index (χ3n) is 2.07. The number of piperazine rings is 1. The highest BCUT2D eigenvalue weighted by Crippen LogP contribution is 2.09. The van der Waals surface area contributed by atoms with E-state index in [0.717, 1.165) is 32.7 Å². The second kappa shape index (κ2) is 3.98. The maximum absolute atomic E-state index is 4.06. The van der Waals surface area contributed by atoms with E-state index in [2.05, 4.69) is 15.2 Å². The van der Waals surface area contributed by atoms with Crippen molar-refractivity contribution in [2.24, 2.45) is 0 Å². The number of rotatable bonds is 2. The molecule has 1 N–H and O–H groups in total. The molecule has 0 spiro atoms. The zero-order valence-electron chi connectivity index (χ0n) is 6.99. The summed E-state index contributed by atoms with van der Waals surface area (Å²) in [5.74, 6) is 0. The lowest BCUT2D eigenvalue weighted by Crippen LogP contribution is -2.42. The molecule has 0 amide bonds. The molecule has 4 heteroatoms. The lowest BCUT2D eigenvalue weighted by atomic mass is 10.3. The minimum absolute atomic E-state index is 1.08. The smallest absolute Gasteiger partial charge is 0.0794 e. The van der Waals surface area contributed by atoms with Gasteiger partial charge in [0.05, 0.1) is 5.51 Å². The number of aromatic nitrogens is 1. The van der Waals surface area contributed by atoms with Crippen LogP contribution in [0.1, 0.15) is 4.88 Å². The van der Waals surface area contributed by atoms with E-state index in [4.69, 9.17) is 0 Å². The molecule has 66 valence electrons. The lowest BCUT2D eigenvalue weighted by molar-refractivity contribution is 0.235. The Labute approximate surface area is 76.4 Å². The number of thiazole rings is 1. The molecule has 2 heterocycles.